The third-order valence-electron chi connectivity index (χ3n) is 2.52. The van der Waals surface area contributed by atoms with Gasteiger partial charge in [-0.2, -0.15) is 5.10 Å². The minimum atomic E-state index is -0.368. The van der Waals surface area contributed by atoms with Crippen LogP contribution >= 0.6 is 0 Å². The van der Waals surface area contributed by atoms with E-state index >= 15 is 0 Å². The molecule has 0 aliphatic rings. The monoisotopic (exact) mass is 235 g/mol. The molecule has 0 saturated carbocycles. The van der Waals surface area contributed by atoms with Crippen molar-refractivity contribution in [2.45, 2.75) is 13.0 Å². The Bertz CT molecular complexity index is 485. The first-order valence-corrected chi connectivity index (χ1v) is 5.30. The fraction of sp³-hybridized carbons (Fsp3) is 0.250. The number of hydrogen-bond acceptors (Lipinski definition) is 3. The number of methoxy groups -OCH3 is 1. The highest BCUT2D eigenvalue weighted by molar-refractivity contribution is 5.49. The molecule has 2 aromatic rings. The SMILES string of the molecule is COc1cc(NC(C)c2ccn[nH]2)ccc1F. The lowest BCUT2D eigenvalue weighted by molar-refractivity contribution is 0.387. The van der Waals surface area contributed by atoms with Crippen LogP contribution in [0.2, 0.25) is 0 Å². The standard InChI is InChI=1S/C12H14FN3O/c1-8(11-5-6-14-16-11)15-9-3-4-10(13)12(7-9)17-2/h3-8,15H,1-2H3,(H,14,16). The first-order chi connectivity index (χ1) is 8.20. The van der Waals surface area contributed by atoms with Gasteiger partial charge in [0.15, 0.2) is 11.6 Å². The summed E-state index contributed by atoms with van der Waals surface area (Å²) in [6, 6.07) is 6.62. The maximum Gasteiger partial charge on any atom is 0.165 e. The van der Waals surface area contributed by atoms with Gasteiger partial charge in [-0.1, -0.05) is 0 Å². The predicted octanol–water partition coefficient (Wildman–Crippen LogP) is 2.73. The molecule has 0 aliphatic heterocycles. The molecule has 17 heavy (non-hydrogen) atoms. The predicted molar refractivity (Wildman–Crippen MR) is 63.6 cm³/mol. The van der Waals surface area contributed by atoms with Crippen LogP contribution in [-0.4, -0.2) is 17.3 Å². The summed E-state index contributed by atoms with van der Waals surface area (Å²) >= 11 is 0. The number of aromatic amines is 1. The Morgan fingerprint density at radius 1 is 1.41 bits per heavy atom. The molecule has 0 amide bonds. The largest absolute Gasteiger partial charge is 0.494 e. The Labute approximate surface area is 98.8 Å². The van der Waals surface area contributed by atoms with E-state index in [1.165, 1.54) is 13.2 Å². The number of ether oxygens (including phenoxy) is 1. The molecule has 90 valence electrons. The van der Waals surface area contributed by atoms with Crippen molar-refractivity contribution in [1.29, 1.82) is 0 Å². The molecule has 4 nitrogen and oxygen atoms in total. The van der Waals surface area contributed by atoms with Crippen molar-refractivity contribution in [1.82, 2.24) is 10.2 Å². The Balaban J connectivity index is 2.13. The summed E-state index contributed by atoms with van der Waals surface area (Å²) in [4.78, 5) is 0. The second kappa shape index (κ2) is 4.86. The van der Waals surface area contributed by atoms with Gasteiger partial charge in [0.05, 0.1) is 18.8 Å². The van der Waals surface area contributed by atoms with Crippen LogP contribution in [0.1, 0.15) is 18.7 Å². The quantitative estimate of drug-likeness (QED) is 0.856. The lowest BCUT2D eigenvalue weighted by Crippen LogP contribution is -2.07. The molecule has 5 heteroatoms. The zero-order chi connectivity index (χ0) is 12.3. The molecule has 1 aromatic heterocycles. The van der Waals surface area contributed by atoms with Crippen LogP contribution in [0.25, 0.3) is 0 Å². The molecule has 1 heterocycles. The molecule has 2 N–H and O–H groups in total. The van der Waals surface area contributed by atoms with E-state index in [-0.39, 0.29) is 17.6 Å². The van der Waals surface area contributed by atoms with Gasteiger partial charge < -0.3 is 10.1 Å². The number of aromatic nitrogens is 2. The second-order valence-electron chi connectivity index (χ2n) is 3.73. The van der Waals surface area contributed by atoms with Gasteiger partial charge in [0.25, 0.3) is 0 Å². The molecule has 0 saturated heterocycles. The number of H-pyrrole nitrogens is 1. The number of rotatable bonds is 4. The summed E-state index contributed by atoms with van der Waals surface area (Å²) in [5.74, 6) is -0.140. The van der Waals surface area contributed by atoms with Gasteiger partial charge in [-0.15, -0.1) is 0 Å². The maximum absolute atomic E-state index is 13.2. The van der Waals surface area contributed by atoms with Gasteiger partial charge >= 0.3 is 0 Å². The molecule has 2 rings (SSSR count). The van der Waals surface area contributed by atoms with Crippen LogP contribution in [0.4, 0.5) is 10.1 Å². The van der Waals surface area contributed by atoms with E-state index in [4.69, 9.17) is 4.74 Å². The lowest BCUT2D eigenvalue weighted by Gasteiger charge is -2.14. The zero-order valence-corrected chi connectivity index (χ0v) is 9.70. The summed E-state index contributed by atoms with van der Waals surface area (Å²) in [6.07, 6.45) is 1.69. The Hall–Kier alpha value is -2.04. The summed E-state index contributed by atoms with van der Waals surface area (Å²) < 4.78 is 18.1. The first kappa shape index (κ1) is 11.4. The third kappa shape index (κ3) is 2.55. The number of benzene rings is 1. The summed E-state index contributed by atoms with van der Waals surface area (Å²) in [5, 5.41) is 9.99. The Morgan fingerprint density at radius 3 is 2.88 bits per heavy atom. The molecule has 1 unspecified atom stereocenters. The van der Waals surface area contributed by atoms with Crippen molar-refractivity contribution in [2.75, 3.05) is 12.4 Å². The molecule has 0 aliphatic carbocycles. The van der Waals surface area contributed by atoms with Crippen LogP contribution in [0.3, 0.4) is 0 Å². The molecule has 1 aromatic carbocycles. The van der Waals surface area contributed by atoms with Crippen LogP contribution in [0, 0.1) is 5.82 Å². The molecule has 0 radical (unpaired) electrons. The summed E-state index contributed by atoms with van der Waals surface area (Å²) in [7, 11) is 1.44. The van der Waals surface area contributed by atoms with Crippen molar-refractivity contribution < 1.29 is 9.13 Å². The van der Waals surface area contributed by atoms with E-state index in [1.54, 1.807) is 18.3 Å². The van der Waals surface area contributed by atoms with Crippen molar-refractivity contribution in [3.05, 3.63) is 42.0 Å². The van der Waals surface area contributed by atoms with Gasteiger partial charge in [-0.05, 0) is 25.1 Å². The highest BCUT2D eigenvalue weighted by atomic mass is 19.1. The fourth-order valence-corrected chi connectivity index (χ4v) is 1.59. The van der Waals surface area contributed by atoms with Crippen molar-refractivity contribution in [2.24, 2.45) is 0 Å². The minimum absolute atomic E-state index is 0.0627. The highest BCUT2D eigenvalue weighted by Crippen LogP contribution is 2.24. The van der Waals surface area contributed by atoms with Crippen molar-refractivity contribution in [3.8, 4) is 5.75 Å². The van der Waals surface area contributed by atoms with E-state index in [1.807, 2.05) is 13.0 Å². The first-order valence-electron chi connectivity index (χ1n) is 5.30. The normalized spacial score (nSPS) is 12.2. The highest BCUT2D eigenvalue weighted by Gasteiger charge is 2.08. The third-order valence-corrected chi connectivity index (χ3v) is 2.52. The van der Waals surface area contributed by atoms with Crippen LogP contribution in [-0.2, 0) is 0 Å². The fourth-order valence-electron chi connectivity index (χ4n) is 1.59. The van der Waals surface area contributed by atoms with Gasteiger partial charge in [0.1, 0.15) is 0 Å². The van der Waals surface area contributed by atoms with Gasteiger partial charge in [-0.3, -0.25) is 5.10 Å². The Morgan fingerprint density at radius 2 is 2.24 bits per heavy atom. The maximum atomic E-state index is 13.2. The van der Waals surface area contributed by atoms with E-state index in [0.29, 0.717) is 0 Å². The molecule has 0 fully saturated rings. The second-order valence-corrected chi connectivity index (χ2v) is 3.73. The number of hydrogen-bond donors (Lipinski definition) is 2. The molecule has 0 spiro atoms. The van der Waals surface area contributed by atoms with Gasteiger partial charge in [-0.25, -0.2) is 4.39 Å². The molecular weight excluding hydrogens is 221 g/mol. The van der Waals surface area contributed by atoms with Gasteiger partial charge in [0.2, 0.25) is 0 Å². The number of nitrogens with zero attached hydrogens (tertiary/aromatic N) is 1. The minimum Gasteiger partial charge on any atom is -0.494 e. The van der Waals surface area contributed by atoms with Crippen LogP contribution < -0.4 is 10.1 Å². The lowest BCUT2D eigenvalue weighted by atomic mass is 10.2. The van der Waals surface area contributed by atoms with Crippen molar-refractivity contribution in [3.63, 3.8) is 0 Å². The number of anilines is 1. The Kier molecular flexibility index (Phi) is 3.27. The molecule has 1 atom stereocenters. The number of halogens is 1. The van der Waals surface area contributed by atoms with E-state index in [9.17, 15) is 4.39 Å². The van der Waals surface area contributed by atoms with E-state index in [2.05, 4.69) is 15.5 Å². The summed E-state index contributed by atoms with van der Waals surface area (Å²) in [6.45, 7) is 1.99. The average Bonchev–Trinajstić information content (AvgIpc) is 2.85. The van der Waals surface area contributed by atoms with Crippen LogP contribution in [0.15, 0.2) is 30.5 Å². The van der Waals surface area contributed by atoms with E-state index in [0.717, 1.165) is 11.4 Å². The number of nitrogens with one attached hydrogen (secondary N) is 2. The molecular formula is C12H14FN3O. The van der Waals surface area contributed by atoms with E-state index < -0.39 is 0 Å². The zero-order valence-electron chi connectivity index (χ0n) is 9.70. The average molecular weight is 235 g/mol. The van der Waals surface area contributed by atoms with Gasteiger partial charge in [0, 0.05) is 18.0 Å². The summed E-state index contributed by atoms with van der Waals surface area (Å²) in [5.41, 5.74) is 1.76. The molecule has 0 bridgehead atoms. The van der Waals surface area contributed by atoms with Crippen molar-refractivity contribution >= 4 is 5.69 Å². The van der Waals surface area contributed by atoms with Crippen LogP contribution in [0.5, 0.6) is 5.75 Å². The smallest absolute Gasteiger partial charge is 0.165 e. The topological polar surface area (TPSA) is 49.9 Å².